The molecule has 1 heterocycles. The van der Waals surface area contributed by atoms with Crippen molar-refractivity contribution in [3.05, 3.63) is 66.6 Å². The molecule has 98 valence electrons. The van der Waals surface area contributed by atoms with Gasteiger partial charge in [0.05, 0.1) is 12.0 Å². The topological polar surface area (TPSA) is 55.1 Å². The molecule has 3 rings (SSSR count). The molecule has 1 N–H and O–H groups in total. The van der Waals surface area contributed by atoms with Crippen LogP contribution >= 0.6 is 0 Å². The number of hydrogen-bond donors (Lipinski definition) is 1. The van der Waals surface area contributed by atoms with Crippen molar-refractivity contribution in [3.8, 4) is 22.7 Å². The van der Waals surface area contributed by atoms with Crippen molar-refractivity contribution in [2.45, 2.75) is 0 Å². The zero-order valence-electron chi connectivity index (χ0n) is 10.6. The summed E-state index contributed by atoms with van der Waals surface area (Å²) < 4.78 is 1.88. The molecular weight excluding hydrogens is 252 g/mol. The Morgan fingerprint density at radius 2 is 1.70 bits per heavy atom. The molecule has 0 aliphatic rings. The Hall–Kier alpha value is -2.88. The molecule has 0 fully saturated rings. The van der Waals surface area contributed by atoms with Crippen LogP contribution in [-0.2, 0) is 0 Å². The van der Waals surface area contributed by atoms with Crippen LogP contribution in [0.25, 0.3) is 16.9 Å². The Morgan fingerprint density at radius 3 is 2.35 bits per heavy atom. The maximum atomic E-state index is 10.6. The number of aromatic hydroxyl groups is 1. The fourth-order valence-electron chi connectivity index (χ4n) is 1.97. The minimum atomic E-state index is 0.235. The van der Waals surface area contributed by atoms with Crippen LogP contribution in [0.5, 0.6) is 5.75 Å². The third-order valence-corrected chi connectivity index (χ3v) is 3.07. The second kappa shape index (κ2) is 5.01. The quantitative estimate of drug-likeness (QED) is 0.740. The van der Waals surface area contributed by atoms with E-state index in [0.717, 1.165) is 23.2 Å². The first kappa shape index (κ1) is 12.2. The highest BCUT2D eigenvalue weighted by molar-refractivity contribution is 5.76. The number of phenols is 1. The highest BCUT2D eigenvalue weighted by Gasteiger charge is 2.04. The molecule has 0 aliphatic heterocycles. The number of rotatable bonds is 3. The van der Waals surface area contributed by atoms with E-state index in [-0.39, 0.29) is 5.75 Å². The zero-order valence-corrected chi connectivity index (χ0v) is 10.6. The van der Waals surface area contributed by atoms with Gasteiger partial charge in [0.1, 0.15) is 12.0 Å². The molecule has 0 bridgehead atoms. The lowest BCUT2D eigenvalue weighted by Gasteiger charge is -2.01. The van der Waals surface area contributed by atoms with E-state index in [1.54, 1.807) is 30.6 Å². The van der Waals surface area contributed by atoms with E-state index in [1.165, 1.54) is 0 Å². The number of aromatic nitrogens is 2. The van der Waals surface area contributed by atoms with Crippen LogP contribution in [0.4, 0.5) is 0 Å². The molecule has 0 atom stereocenters. The van der Waals surface area contributed by atoms with Gasteiger partial charge in [0.15, 0.2) is 0 Å². The van der Waals surface area contributed by atoms with Gasteiger partial charge in [-0.15, -0.1) is 0 Å². The first-order chi connectivity index (χ1) is 9.76. The number of carbonyl (C=O) groups excluding carboxylic acids is 1. The van der Waals surface area contributed by atoms with Crippen LogP contribution in [0, 0.1) is 0 Å². The van der Waals surface area contributed by atoms with Crippen molar-refractivity contribution in [2.75, 3.05) is 0 Å². The monoisotopic (exact) mass is 264 g/mol. The second-order valence-corrected chi connectivity index (χ2v) is 4.42. The first-order valence-corrected chi connectivity index (χ1v) is 6.15. The normalized spacial score (nSPS) is 10.4. The number of aldehydes is 1. The van der Waals surface area contributed by atoms with Crippen molar-refractivity contribution in [3.63, 3.8) is 0 Å². The number of carbonyl (C=O) groups is 1. The summed E-state index contributed by atoms with van der Waals surface area (Å²) in [5.74, 6) is 0.235. The van der Waals surface area contributed by atoms with Crippen molar-refractivity contribution in [2.24, 2.45) is 0 Å². The highest BCUT2D eigenvalue weighted by atomic mass is 16.3. The minimum Gasteiger partial charge on any atom is -0.508 e. The Bertz CT molecular complexity index is 728. The summed E-state index contributed by atoms with van der Waals surface area (Å²) >= 11 is 0. The van der Waals surface area contributed by atoms with E-state index in [4.69, 9.17) is 0 Å². The molecule has 0 spiro atoms. The van der Waals surface area contributed by atoms with E-state index in [1.807, 2.05) is 35.0 Å². The van der Waals surface area contributed by atoms with E-state index >= 15 is 0 Å². The average molecular weight is 264 g/mol. The van der Waals surface area contributed by atoms with E-state index in [0.29, 0.717) is 5.56 Å². The maximum Gasteiger partial charge on any atom is 0.150 e. The van der Waals surface area contributed by atoms with Gasteiger partial charge in [-0.1, -0.05) is 24.3 Å². The fourth-order valence-corrected chi connectivity index (χ4v) is 1.97. The molecule has 4 nitrogen and oxygen atoms in total. The van der Waals surface area contributed by atoms with Crippen molar-refractivity contribution in [1.29, 1.82) is 0 Å². The number of phenolic OH excluding ortho intramolecular Hbond substituents is 1. The Balaban J connectivity index is 1.92. The number of benzene rings is 2. The molecule has 3 aromatic rings. The number of hydrogen-bond acceptors (Lipinski definition) is 3. The molecule has 4 heteroatoms. The molecule has 2 aromatic carbocycles. The minimum absolute atomic E-state index is 0.235. The van der Waals surface area contributed by atoms with Crippen LogP contribution in [0.15, 0.2) is 61.1 Å². The van der Waals surface area contributed by atoms with Crippen LogP contribution in [-0.4, -0.2) is 20.9 Å². The second-order valence-electron chi connectivity index (χ2n) is 4.42. The largest absolute Gasteiger partial charge is 0.508 e. The lowest BCUT2D eigenvalue weighted by Crippen LogP contribution is -1.88. The van der Waals surface area contributed by atoms with Gasteiger partial charge >= 0.3 is 0 Å². The fraction of sp³-hybridized carbons (Fsp3) is 0. The summed E-state index contributed by atoms with van der Waals surface area (Å²) in [6.45, 7) is 0. The van der Waals surface area contributed by atoms with Crippen LogP contribution in [0.1, 0.15) is 10.4 Å². The summed E-state index contributed by atoms with van der Waals surface area (Å²) in [5, 5.41) is 9.28. The molecule has 0 amide bonds. The summed E-state index contributed by atoms with van der Waals surface area (Å²) in [5.41, 5.74) is 3.35. The van der Waals surface area contributed by atoms with Crippen molar-refractivity contribution < 1.29 is 9.90 Å². The Morgan fingerprint density at radius 1 is 1.00 bits per heavy atom. The smallest absolute Gasteiger partial charge is 0.150 e. The maximum absolute atomic E-state index is 10.6. The molecular formula is C16H12N2O2. The predicted molar refractivity (Wildman–Crippen MR) is 76.1 cm³/mol. The highest BCUT2D eigenvalue weighted by Crippen LogP contribution is 2.20. The third kappa shape index (κ3) is 2.31. The number of imidazole rings is 1. The van der Waals surface area contributed by atoms with Gasteiger partial charge in [0, 0.05) is 23.0 Å². The van der Waals surface area contributed by atoms with Crippen LogP contribution < -0.4 is 0 Å². The molecule has 0 saturated heterocycles. The van der Waals surface area contributed by atoms with Gasteiger partial charge < -0.3 is 9.67 Å². The zero-order chi connectivity index (χ0) is 13.9. The van der Waals surface area contributed by atoms with Gasteiger partial charge in [-0.2, -0.15) is 0 Å². The molecule has 0 saturated carbocycles. The lowest BCUT2D eigenvalue weighted by molar-refractivity contribution is 0.112. The van der Waals surface area contributed by atoms with Crippen LogP contribution in [0.3, 0.4) is 0 Å². The molecule has 0 radical (unpaired) electrons. The third-order valence-electron chi connectivity index (χ3n) is 3.07. The van der Waals surface area contributed by atoms with Gasteiger partial charge in [-0.05, 0) is 24.3 Å². The van der Waals surface area contributed by atoms with Crippen LogP contribution in [0.2, 0.25) is 0 Å². The lowest BCUT2D eigenvalue weighted by atomic mass is 10.1. The summed E-state index contributed by atoms with van der Waals surface area (Å²) in [6.07, 6.45) is 4.44. The Labute approximate surface area is 116 Å². The van der Waals surface area contributed by atoms with Gasteiger partial charge in [-0.25, -0.2) is 4.98 Å². The molecule has 1 aromatic heterocycles. The summed E-state index contributed by atoms with van der Waals surface area (Å²) in [7, 11) is 0. The van der Waals surface area contributed by atoms with E-state index in [9.17, 15) is 9.90 Å². The number of nitrogens with zero attached hydrogens (tertiary/aromatic N) is 2. The first-order valence-electron chi connectivity index (χ1n) is 6.15. The van der Waals surface area contributed by atoms with Gasteiger partial charge in [0.25, 0.3) is 0 Å². The van der Waals surface area contributed by atoms with E-state index < -0.39 is 0 Å². The SMILES string of the molecule is O=Cc1ccc(-c2cn(-c3ccc(O)cc3)cn2)cc1. The van der Waals surface area contributed by atoms with Gasteiger partial charge in [0.2, 0.25) is 0 Å². The summed E-state index contributed by atoms with van der Waals surface area (Å²) in [4.78, 5) is 15.0. The van der Waals surface area contributed by atoms with Gasteiger partial charge in [-0.3, -0.25) is 4.79 Å². The van der Waals surface area contributed by atoms with Crippen molar-refractivity contribution >= 4 is 6.29 Å². The predicted octanol–water partition coefficient (Wildman–Crippen LogP) is 3.06. The standard InChI is InChI=1S/C16H12N2O2/c19-10-12-1-3-13(4-2-12)16-9-18(11-17-16)14-5-7-15(20)8-6-14/h1-11,20H. The Kier molecular flexibility index (Phi) is 3.05. The van der Waals surface area contributed by atoms with Crippen molar-refractivity contribution in [1.82, 2.24) is 9.55 Å². The average Bonchev–Trinajstić information content (AvgIpc) is 2.98. The van der Waals surface area contributed by atoms with E-state index in [2.05, 4.69) is 4.98 Å². The molecule has 0 unspecified atom stereocenters. The molecule has 20 heavy (non-hydrogen) atoms. The summed E-state index contributed by atoms with van der Waals surface area (Å²) in [6, 6.07) is 14.2. The molecule has 0 aliphatic carbocycles.